The van der Waals surface area contributed by atoms with Crippen LogP contribution in [0, 0.1) is 0 Å². The minimum absolute atomic E-state index is 0.0643. The van der Waals surface area contributed by atoms with E-state index >= 15 is 0 Å². The molecule has 8 heteroatoms. The number of hydrogen-bond donors (Lipinski definition) is 4. The van der Waals surface area contributed by atoms with E-state index in [9.17, 15) is 9.90 Å². The quantitative estimate of drug-likeness (QED) is 0.462. The number of nitrogens with one attached hydrogen (secondary N) is 2. The molecule has 0 bridgehead atoms. The summed E-state index contributed by atoms with van der Waals surface area (Å²) in [5.41, 5.74) is 6.11. The Kier molecular flexibility index (Phi) is 7.95. The number of aliphatic hydroxyl groups excluding tert-OH is 1. The average Bonchev–Trinajstić information content (AvgIpc) is 2.67. The van der Waals surface area contributed by atoms with Crippen LogP contribution < -0.4 is 21.1 Å². The average molecular weight is 426 g/mol. The molecule has 0 fully saturated rings. The number of carbonyl (C=O) groups is 1. The lowest BCUT2D eigenvalue weighted by atomic mass is 10.0. The predicted molar refractivity (Wildman–Crippen MR) is 113 cm³/mol. The number of benzene rings is 2. The van der Waals surface area contributed by atoms with Crippen molar-refractivity contribution < 1.29 is 14.6 Å². The van der Waals surface area contributed by atoms with Crippen LogP contribution >= 0.6 is 23.2 Å². The van der Waals surface area contributed by atoms with E-state index in [0.717, 1.165) is 0 Å². The van der Waals surface area contributed by atoms with E-state index in [-0.39, 0.29) is 24.7 Å². The van der Waals surface area contributed by atoms with Gasteiger partial charge in [-0.15, -0.1) is 0 Å². The molecule has 0 radical (unpaired) electrons. The number of aliphatic hydroxyl groups is 1. The van der Waals surface area contributed by atoms with Crippen LogP contribution in [0.5, 0.6) is 5.75 Å². The number of para-hydroxylation sites is 1. The fourth-order valence-corrected chi connectivity index (χ4v) is 2.89. The summed E-state index contributed by atoms with van der Waals surface area (Å²) in [5.74, 6) is 0.412. The first-order chi connectivity index (χ1) is 13.2. The van der Waals surface area contributed by atoms with Gasteiger partial charge in [0, 0.05) is 18.6 Å². The molecule has 0 aliphatic heterocycles. The van der Waals surface area contributed by atoms with Crippen LogP contribution in [0.1, 0.15) is 25.5 Å². The maximum Gasteiger partial charge on any atom is 0.258 e. The van der Waals surface area contributed by atoms with E-state index in [2.05, 4.69) is 10.6 Å². The number of halogens is 2. The zero-order chi connectivity index (χ0) is 20.7. The number of rotatable bonds is 9. The molecule has 1 atom stereocenters. The van der Waals surface area contributed by atoms with Gasteiger partial charge >= 0.3 is 0 Å². The van der Waals surface area contributed by atoms with E-state index in [1.807, 2.05) is 32.0 Å². The number of nitrogen functional groups attached to an aromatic ring is 1. The van der Waals surface area contributed by atoms with Crippen molar-refractivity contribution in [2.75, 3.05) is 25.4 Å². The molecule has 0 aliphatic carbocycles. The highest BCUT2D eigenvalue weighted by molar-refractivity contribution is 6.38. The molecule has 0 heterocycles. The van der Waals surface area contributed by atoms with Crippen LogP contribution in [0.15, 0.2) is 42.5 Å². The van der Waals surface area contributed by atoms with Crippen molar-refractivity contribution in [1.29, 1.82) is 0 Å². The zero-order valence-electron chi connectivity index (χ0n) is 15.8. The van der Waals surface area contributed by atoms with Gasteiger partial charge in [0.1, 0.15) is 5.75 Å². The second-order valence-corrected chi connectivity index (χ2v) is 7.87. The minimum Gasteiger partial charge on any atom is -0.484 e. The standard InChI is InChI=1S/C20H25Cl2N3O3/c1-20(2,12-24-18(27)11-28-14-6-4-3-5-7-14)25-10-17(26)13-8-15(21)19(23)16(22)9-13/h3-9,17,25-26H,10-12,23H2,1-2H3,(H,24,27). The van der Waals surface area contributed by atoms with Gasteiger partial charge in [-0.2, -0.15) is 0 Å². The van der Waals surface area contributed by atoms with Gasteiger partial charge in [-0.25, -0.2) is 0 Å². The monoisotopic (exact) mass is 425 g/mol. The molecule has 28 heavy (non-hydrogen) atoms. The third kappa shape index (κ3) is 6.87. The summed E-state index contributed by atoms with van der Waals surface area (Å²) in [4.78, 5) is 12.0. The van der Waals surface area contributed by atoms with Crippen molar-refractivity contribution in [3.8, 4) is 5.75 Å². The SMILES string of the molecule is CC(C)(CNC(=O)COc1ccccc1)NCC(O)c1cc(Cl)c(N)c(Cl)c1. The van der Waals surface area contributed by atoms with Crippen LogP contribution in [-0.4, -0.2) is 36.2 Å². The van der Waals surface area contributed by atoms with Gasteiger partial charge in [-0.3, -0.25) is 4.79 Å². The molecule has 2 aromatic carbocycles. The van der Waals surface area contributed by atoms with Crippen LogP contribution in [0.2, 0.25) is 10.0 Å². The molecule has 1 unspecified atom stereocenters. The van der Waals surface area contributed by atoms with E-state index in [4.69, 9.17) is 33.7 Å². The topological polar surface area (TPSA) is 96.6 Å². The Labute approximate surface area is 175 Å². The number of carbonyl (C=O) groups excluding carboxylic acids is 1. The number of nitrogens with two attached hydrogens (primary N) is 1. The highest BCUT2D eigenvalue weighted by Gasteiger charge is 2.21. The number of hydrogen-bond acceptors (Lipinski definition) is 5. The summed E-state index contributed by atoms with van der Waals surface area (Å²) >= 11 is 12.0. The Morgan fingerprint density at radius 3 is 2.43 bits per heavy atom. The molecule has 0 saturated carbocycles. The Morgan fingerprint density at radius 2 is 1.82 bits per heavy atom. The summed E-state index contributed by atoms with van der Waals surface area (Å²) in [6, 6.07) is 12.3. The van der Waals surface area contributed by atoms with Gasteiger partial charge in [-0.05, 0) is 43.7 Å². The number of amides is 1. The molecule has 152 valence electrons. The maximum absolute atomic E-state index is 12.0. The van der Waals surface area contributed by atoms with Crippen LogP contribution in [-0.2, 0) is 4.79 Å². The number of β-amino-alcohol motifs (C(OH)–C–C–N with tert-alkyl or cyclic N) is 1. The predicted octanol–water partition coefficient (Wildman–Crippen LogP) is 3.17. The minimum atomic E-state index is -0.827. The van der Waals surface area contributed by atoms with Crippen molar-refractivity contribution in [1.82, 2.24) is 10.6 Å². The fraction of sp³-hybridized carbons (Fsp3) is 0.350. The van der Waals surface area contributed by atoms with Crippen molar-refractivity contribution in [3.63, 3.8) is 0 Å². The van der Waals surface area contributed by atoms with Gasteiger partial charge in [-0.1, -0.05) is 41.4 Å². The molecule has 6 nitrogen and oxygen atoms in total. The van der Waals surface area contributed by atoms with E-state index in [1.165, 1.54) is 0 Å². The first-order valence-electron chi connectivity index (χ1n) is 8.80. The Bertz CT molecular complexity index is 778. The molecule has 0 spiro atoms. The first kappa shape index (κ1) is 22.3. The van der Waals surface area contributed by atoms with Crippen LogP contribution in [0.25, 0.3) is 0 Å². The Morgan fingerprint density at radius 1 is 1.21 bits per heavy atom. The van der Waals surface area contributed by atoms with Crippen molar-refractivity contribution in [3.05, 3.63) is 58.1 Å². The largest absolute Gasteiger partial charge is 0.484 e. The van der Waals surface area contributed by atoms with Gasteiger partial charge in [0.25, 0.3) is 5.91 Å². The molecule has 0 saturated heterocycles. The third-order valence-electron chi connectivity index (χ3n) is 4.10. The highest BCUT2D eigenvalue weighted by Crippen LogP contribution is 2.31. The molecule has 5 N–H and O–H groups in total. The molecular weight excluding hydrogens is 401 g/mol. The van der Waals surface area contributed by atoms with Gasteiger partial charge in [0.2, 0.25) is 0 Å². The highest BCUT2D eigenvalue weighted by atomic mass is 35.5. The summed E-state index contributed by atoms with van der Waals surface area (Å²) in [5, 5.41) is 17.0. The second-order valence-electron chi connectivity index (χ2n) is 7.06. The van der Waals surface area contributed by atoms with Crippen LogP contribution in [0.3, 0.4) is 0 Å². The maximum atomic E-state index is 12.0. The molecule has 2 rings (SSSR count). The lowest BCUT2D eigenvalue weighted by Gasteiger charge is -2.28. The zero-order valence-corrected chi connectivity index (χ0v) is 17.3. The van der Waals surface area contributed by atoms with Crippen LogP contribution in [0.4, 0.5) is 5.69 Å². The number of anilines is 1. The second kappa shape index (κ2) is 9.98. The van der Waals surface area contributed by atoms with Crippen molar-refractivity contribution in [2.24, 2.45) is 0 Å². The first-order valence-corrected chi connectivity index (χ1v) is 9.55. The van der Waals surface area contributed by atoms with E-state index in [0.29, 0.717) is 27.9 Å². The number of ether oxygens (including phenoxy) is 1. The van der Waals surface area contributed by atoms with Gasteiger partial charge < -0.3 is 26.2 Å². The Hall–Kier alpha value is -1.99. The molecule has 2 aromatic rings. The van der Waals surface area contributed by atoms with E-state index < -0.39 is 11.6 Å². The molecule has 0 aliphatic rings. The van der Waals surface area contributed by atoms with Crippen molar-refractivity contribution in [2.45, 2.75) is 25.5 Å². The lowest BCUT2D eigenvalue weighted by molar-refractivity contribution is -0.123. The molecular formula is C20H25Cl2N3O3. The van der Waals surface area contributed by atoms with Crippen molar-refractivity contribution >= 4 is 34.8 Å². The summed E-state index contributed by atoms with van der Waals surface area (Å²) < 4.78 is 5.41. The van der Waals surface area contributed by atoms with Gasteiger partial charge in [0.15, 0.2) is 6.61 Å². The summed E-state index contributed by atoms with van der Waals surface area (Å²) in [6.45, 7) is 4.38. The summed E-state index contributed by atoms with van der Waals surface area (Å²) in [7, 11) is 0. The smallest absolute Gasteiger partial charge is 0.258 e. The molecule has 1 amide bonds. The normalized spacial score (nSPS) is 12.5. The fourth-order valence-electron chi connectivity index (χ4n) is 2.39. The lowest BCUT2D eigenvalue weighted by Crippen LogP contribution is -2.50. The molecule has 0 aromatic heterocycles. The third-order valence-corrected chi connectivity index (χ3v) is 4.73. The van der Waals surface area contributed by atoms with E-state index in [1.54, 1.807) is 24.3 Å². The Balaban J connectivity index is 1.78. The summed E-state index contributed by atoms with van der Waals surface area (Å²) in [6.07, 6.45) is -0.827. The van der Waals surface area contributed by atoms with Gasteiger partial charge in [0.05, 0.1) is 21.8 Å².